The van der Waals surface area contributed by atoms with Crippen LogP contribution in [0.4, 0.5) is 0 Å². The van der Waals surface area contributed by atoms with Gasteiger partial charge in [-0.1, -0.05) is 19.8 Å². The molecule has 2 aliphatic heterocycles. The van der Waals surface area contributed by atoms with Gasteiger partial charge in [0, 0.05) is 25.7 Å². The fraction of sp³-hybridized carbons (Fsp3) is 1.00. The van der Waals surface area contributed by atoms with Crippen molar-refractivity contribution in [1.29, 1.82) is 0 Å². The fourth-order valence-corrected chi connectivity index (χ4v) is 5.29. The van der Waals surface area contributed by atoms with E-state index < -0.39 is 10.2 Å². The Kier molecular flexibility index (Phi) is 5.84. The van der Waals surface area contributed by atoms with Gasteiger partial charge in [-0.25, -0.2) is 0 Å². The zero-order valence-corrected chi connectivity index (χ0v) is 13.3. The Bertz CT molecular complexity index is 399. The van der Waals surface area contributed by atoms with Crippen LogP contribution < -0.4 is 0 Å². The smallest absolute Gasteiger partial charge is 0.282 e. The summed E-state index contributed by atoms with van der Waals surface area (Å²) in [7, 11) is -3.39. The second kappa shape index (κ2) is 7.20. The van der Waals surface area contributed by atoms with E-state index in [0.717, 1.165) is 44.9 Å². The Labute approximate surface area is 123 Å². The molecule has 6 heteroatoms. The van der Waals surface area contributed by atoms with Crippen LogP contribution in [-0.4, -0.2) is 54.4 Å². The van der Waals surface area contributed by atoms with Crippen molar-refractivity contribution in [3.05, 3.63) is 0 Å². The number of hydrogen-bond donors (Lipinski definition) is 1. The maximum Gasteiger partial charge on any atom is 0.282 e. The first kappa shape index (κ1) is 16.2. The highest BCUT2D eigenvalue weighted by atomic mass is 32.2. The molecule has 2 rings (SSSR count). The number of nitrogens with zero attached hydrogens (tertiary/aromatic N) is 2. The molecule has 2 saturated heterocycles. The fourth-order valence-electron chi connectivity index (χ4n) is 3.39. The van der Waals surface area contributed by atoms with Crippen molar-refractivity contribution in [3.8, 4) is 0 Å². The lowest BCUT2D eigenvalue weighted by Gasteiger charge is -2.36. The average Bonchev–Trinajstić information content (AvgIpc) is 2.73. The summed E-state index contributed by atoms with van der Waals surface area (Å²) in [6.07, 6.45) is 6.88. The van der Waals surface area contributed by atoms with Gasteiger partial charge in [-0.2, -0.15) is 17.0 Å². The molecule has 2 fully saturated rings. The second-order valence-electron chi connectivity index (χ2n) is 6.05. The van der Waals surface area contributed by atoms with Crippen LogP contribution >= 0.6 is 0 Å². The number of piperidine rings is 1. The Morgan fingerprint density at radius 3 is 2.55 bits per heavy atom. The van der Waals surface area contributed by atoms with Gasteiger partial charge >= 0.3 is 0 Å². The molecule has 2 aliphatic rings. The van der Waals surface area contributed by atoms with Crippen LogP contribution in [0.25, 0.3) is 0 Å². The molecule has 2 unspecified atom stereocenters. The standard InChI is InChI=1S/C14H28N2O3S/c1-2-13-6-5-9-15(11-8-13)20(18,19)16-10-4-3-7-14(16)12-17/h13-14,17H,2-12H2,1H3. The average molecular weight is 304 g/mol. The first-order valence-corrected chi connectivity index (χ1v) is 9.37. The lowest BCUT2D eigenvalue weighted by Crippen LogP contribution is -2.52. The molecule has 5 nitrogen and oxygen atoms in total. The van der Waals surface area contributed by atoms with Crippen LogP contribution in [0, 0.1) is 5.92 Å². The minimum atomic E-state index is -3.39. The van der Waals surface area contributed by atoms with Gasteiger partial charge in [0.15, 0.2) is 0 Å². The molecule has 0 aromatic carbocycles. The SMILES string of the molecule is CCC1CCCN(S(=O)(=O)N2CCCCC2CO)CC1. The van der Waals surface area contributed by atoms with E-state index >= 15 is 0 Å². The summed E-state index contributed by atoms with van der Waals surface area (Å²) in [5, 5.41) is 9.43. The molecule has 1 N–H and O–H groups in total. The summed E-state index contributed by atoms with van der Waals surface area (Å²) in [5.41, 5.74) is 0. The van der Waals surface area contributed by atoms with E-state index in [4.69, 9.17) is 0 Å². The third-order valence-electron chi connectivity index (χ3n) is 4.79. The van der Waals surface area contributed by atoms with Crippen LogP contribution in [0.3, 0.4) is 0 Å². The van der Waals surface area contributed by atoms with Crippen molar-refractivity contribution in [2.24, 2.45) is 5.92 Å². The minimum absolute atomic E-state index is 0.0648. The molecule has 0 spiro atoms. The summed E-state index contributed by atoms with van der Waals surface area (Å²) in [6, 6.07) is -0.223. The Hall–Kier alpha value is -0.170. The molecule has 0 amide bonds. The molecule has 0 bridgehead atoms. The highest BCUT2D eigenvalue weighted by molar-refractivity contribution is 7.86. The maximum absolute atomic E-state index is 12.8. The van der Waals surface area contributed by atoms with E-state index in [2.05, 4.69) is 6.92 Å². The lowest BCUT2D eigenvalue weighted by molar-refractivity contribution is 0.147. The summed E-state index contributed by atoms with van der Waals surface area (Å²) in [6.45, 7) is 3.94. The Balaban J connectivity index is 2.08. The zero-order chi connectivity index (χ0) is 14.6. The van der Waals surface area contributed by atoms with Crippen molar-refractivity contribution in [3.63, 3.8) is 0 Å². The molecule has 2 heterocycles. The van der Waals surface area contributed by atoms with Crippen molar-refractivity contribution in [2.45, 2.75) is 57.9 Å². The topological polar surface area (TPSA) is 60.9 Å². The largest absolute Gasteiger partial charge is 0.395 e. The van der Waals surface area contributed by atoms with Crippen LogP contribution in [0.2, 0.25) is 0 Å². The van der Waals surface area contributed by atoms with E-state index in [0.29, 0.717) is 25.6 Å². The molecule has 20 heavy (non-hydrogen) atoms. The van der Waals surface area contributed by atoms with Crippen LogP contribution in [-0.2, 0) is 10.2 Å². The van der Waals surface area contributed by atoms with Gasteiger partial charge in [-0.05, 0) is 38.0 Å². The predicted molar refractivity (Wildman–Crippen MR) is 79.6 cm³/mol. The Morgan fingerprint density at radius 2 is 1.85 bits per heavy atom. The normalized spacial score (nSPS) is 31.1. The van der Waals surface area contributed by atoms with Crippen LogP contribution in [0.5, 0.6) is 0 Å². The van der Waals surface area contributed by atoms with Gasteiger partial charge in [0.25, 0.3) is 10.2 Å². The van der Waals surface area contributed by atoms with Crippen LogP contribution in [0.15, 0.2) is 0 Å². The van der Waals surface area contributed by atoms with Crippen molar-refractivity contribution >= 4 is 10.2 Å². The van der Waals surface area contributed by atoms with Gasteiger partial charge < -0.3 is 5.11 Å². The van der Waals surface area contributed by atoms with E-state index in [1.165, 1.54) is 0 Å². The molecule has 0 saturated carbocycles. The summed E-state index contributed by atoms with van der Waals surface area (Å²) in [5.74, 6) is 0.658. The summed E-state index contributed by atoms with van der Waals surface area (Å²) < 4.78 is 28.8. The highest BCUT2D eigenvalue weighted by Crippen LogP contribution is 2.26. The van der Waals surface area contributed by atoms with E-state index in [9.17, 15) is 13.5 Å². The van der Waals surface area contributed by atoms with Crippen molar-refractivity contribution in [2.75, 3.05) is 26.2 Å². The van der Waals surface area contributed by atoms with Crippen molar-refractivity contribution < 1.29 is 13.5 Å². The quantitative estimate of drug-likeness (QED) is 0.858. The first-order valence-electron chi connectivity index (χ1n) is 7.97. The Morgan fingerprint density at radius 1 is 1.05 bits per heavy atom. The number of rotatable bonds is 4. The summed E-state index contributed by atoms with van der Waals surface area (Å²) >= 11 is 0. The molecular formula is C14H28N2O3S. The molecule has 0 aromatic heterocycles. The molecule has 0 aromatic rings. The first-order chi connectivity index (χ1) is 9.59. The highest BCUT2D eigenvalue weighted by Gasteiger charge is 2.36. The lowest BCUT2D eigenvalue weighted by atomic mass is 9.98. The predicted octanol–water partition coefficient (Wildman–Crippen LogP) is 1.59. The monoisotopic (exact) mass is 304 g/mol. The van der Waals surface area contributed by atoms with Crippen molar-refractivity contribution in [1.82, 2.24) is 8.61 Å². The van der Waals surface area contributed by atoms with Gasteiger partial charge in [0.1, 0.15) is 0 Å². The van der Waals surface area contributed by atoms with Gasteiger partial charge in [-0.3, -0.25) is 0 Å². The summed E-state index contributed by atoms with van der Waals surface area (Å²) in [4.78, 5) is 0. The van der Waals surface area contributed by atoms with Gasteiger partial charge in [-0.15, -0.1) is 0 Å². The van der Waals surface area contributed by atoms with E-state index in [1.807, 2.05) is 0 Å². The van der Waals surface area contributed by atoms with E-state index in [1.54, 1.807) is 8.61 Å². The van der Waals surface area contributed by atoms with E-state index in [-0.39, 0.29) is 12.6 Å². The van der Waals surface area contributed by atoms with Crippen LogP contribution in [0.1, 0.15) is 51.9 Å². The molecule has 2 atom stereocenters. The maximum atomic E-state index is 12.8. The number of hydrogen-bond acceptors (Lipinski definition) is 3. The molecule has 0 radical (unpaired) electrons. The third-order valence-corrected chi connectivity index (χ3v) is 6.88. The zero-order valence-electron chi connectivity index (χ0n) is 12.5. The molecular weight excluding hydrogens is 276 g/mol. The van der Waals surface area contributed by atoms with Gasteiger partial charge in [0.2, 0.25) is 0 Å². The van der Waals surface area contributed by atoms with Gasteiger partial charge in [0.05, 0.1) is 6.61 Å². The molecule has 0 aliphatic carbocycles. The number of aliphatic hydroxyl groups is 1. The molecule has 118 valence electrons. The minimum Gasteiger partial charge on any atom is -0.395 e. The number of aliphatic hydroxyl groups excluding tert-OH is 1. The third kappa shape index (κ3) is 3.53. The second-order valence-corrected chi connectivity index (χ2v) is 7.94.